The number of fused-ring (bicyclic) bond motifs is 1. The van der Waals surface area contributed by atoms with Crippen molar-refractivity contribution in [1.29, 1.82) is 0 Å². The molecule has 0 saturated carbocycles. The fourth-order valence-electron chi connectivity index (χ4n) is 3.47. The predicted molar refractivity (Wildman–Crippen MR) is 119 cm³/mol. The molecule has 0 aromatic carbocycles. The van der Waals surface area contributed by atoms with Gasteiger partial charge >= 0.3 is 6.03 Å². The van der Waals surface area contributed by atoms with E-state index >= 15 is 0 Å². The number of thioether (sulfide) groups is 1. The van der Waals surface area contributed by atoms with Crippen molar-refractivity contribution in [3.8, 4) is 0 Å². The standard InChI is InChI=1S/C20H38N4O6S/c21-5-7-27-9-11-29-13-14-30-12-10-28-8-6-22-18(25)4-2-1-3-17-19-16(15-31-17)23-20(26)24-19/h16-17,19H,1-15,21H2,(H,22,25)(H2,23,24,26)/t16-,17-,19-/m0/s1. The first kappa shape index (κ1) is 26.1. The summed E-state index contributed by atoms with van der Waals surface area (Å²) in [4.78, 5) is 23.3. The summed E-state index contributed by atoms with van der Waals surface area (Å²) in [6.07, 6.45) is 3.40. The number of nitrogens with two attached hydrogens (primary N) is 1. The highest BCUT2D eigenvalue weighted by atomic mass is 32.2. The maximum atomic E-state index is 11.9. The van der Waals surface area contributed by atoms with Crippen molar-refractivity contribution in [2.45, 2.75) is 43.0 Å². The predicted octanol–water partition coefficient (Wildman–Crippen LogP) is -0.146. The molecule has 3 atom stereocenters. The molecule has 0 bridgehead atoms. The molecule has 2 fully saturated rings. The Labute approximate surface area is 189 Å². The van der Waals surface area contributed by atoms with E-state index in [2.05, 4.69) is 16.0 Å². The van der Waals surface area contributed by atoms with Crippen molar-refractivity contribution in [2.24, 2.45) is 5.73 Å². The molecule has 31 heavy (non-hydrogen) atoms. The molecule has 10 nitrogen and oxygen atoms in total. The summed E-state index contributed by atoms with van der Waals surface area (Å²) in [5.74, 6) is 1.03. The third-order valence-corrected chi connectivity index (χ3v) is 6.54. The molecule has 0 aliphatic carbocycles. The molecule has 2 heterocycles. The summed E-state index contributed by atoms with van der Waals surface area (Å²) in [6.45, 7) is 5.16. The first-order chi connectivity index (χ1) is 15.2. The molecule has 180 valence electrons. The second-order valence-corrected chi connectivity index (χ2v) is 8.73. The lowest BCUT2D eigenvalue weighted by molar-refractivity contribution is -0.121. The van der Waals surface area contributed by atoms with Gasteiger partial charge in [-0.05, 0) is 12.8 Å². The second kappa shape index (κ2) is 16.5. The molecule has 3 amide bonds. The Bertz CT molecular complexity index is 516. The third kappa shape index (κ3) is 11.4. The van der Waals surface area contributed by atoms with Crippen molar-refractivity contribution in [3.05, 3.63) is 0 Å². The number of hydrogen-bond donors (Lipinski definition) is 4. The third-order valence-electron chi connectivity index (χ3n) is 5.03. The van der Waals surface area contributed by atoms with Crippen molar-refractivity contribution >= 4 is 23.7 Å². The van der Waals surface area contributed by atoms with Crippen LogP contribution < -0.4 is 21.7 Å². The van der Waals surface area contributed by atoms with Crippen LogP contribution in [0.4, 0.5) is 4.79 Å². The Hall–Kier alpha value is -1.11. The van der Waals surface area contributed by atoms with Gasteiger partial charge in [0.25, 0.3) is 0 Å². The van der Waals surface area contributed by atoms with Gasteiger partial charge in [-0.3, -0.25) is 4.79 Å². The summed E-state index contributed by atoms with van der Waals surface area (Å²) in [5.41, 5.74) is 5.31. The molecular formula is C20H38N4O6S. The lowest BCUT2D eigenvalue weighted by atomic mass is 10.0. The van der Waals surface area contributed by atoms with Crippen LogP contribution >= 0.6 is 11.8 Å². The van der Waals surface area contributed by atoms with Crippen LogP contribution in [0, 0.1) is 0 Å². The van der Waals surface area contributed by atoms with Crippen LogP contribution in [0.1, 0.15) is 25.7 Å². The first-order valence-electron chi connectivity index (χ1n) is 11.2. The van der Waals surface area contributed by atoms with E-state index < -0.39 is 0 Å². The summed E-state index contributed by atoms with van der Waals surface area (Å²) < 4.78 is 21.4. The lowest BCUT2D eigenvalue weighted by Crippen LogP contribution is -2.36. The number of unbranched alkanes of at least 4 members (excludes halogenated alkanes) is 1. The average molecular weight is 463 g/mol. The SMILES string of the molecule is NCCOCCOCCOCCOCCNC(=O)CCCC[C@@H]1SC[C@@H]2NC(=O)N[C@@H]21. The van der Waals surface area contributed by atoms with Gasteiger partial charge in [-0.25, -0.2) is 4.79 Å². The molecular weight excluding hydrogens is 424 g/mol. The largest absolute Gasteiger partial charge is 0.378 e. The van der Waals surface area contributed by atoms with Gasteiger partial charge < -0.3 is 40.6 Å². The van der Waals surface area contributed by atoms with Gasteiger partial charge in [0.05, 0.1) is 64.9 Å². The average Bonchev–Trinajstić information content (AvgIpc) is 3.30. The van der Waals surface area contributed by atoms with E-state index in [1.54, 1.807) is 0 Å². The Kier molecular flexibility index (Phi) is 13.9. The van der Waals surface area contributed by atoms with Crippen LogP contribution in [0.15, 0.2) is 0 Å². The van der Waals surface area contributed by atoms with Crippen LogP contribution in [0.2, 0.25) is 0 Å². The van der Waals surface area contributed by atoms with E-state index in [1.165, 1.54) is 0 Å². The van der Waals surface area contributed by atoms with E-state index in [9.17, 15) is 9.59 Å². The number of nitrogens with one attached hydrogen (secondary N) is 3. The topological polar surface area (TPSA) is 133 Å². The Morgan fingerprint density at radius 2 is 1.61 bits per heavy atom. The smallest absolute Gasteiger partial charge is 0.315 e. The van der Waals surface area contributed by atoms with Gasteiger partial charge in [0.1, 0.15) is 0 Å². The molecule has 2 saturated heterocycles. The lowest BCUT2D eigenvalue weighted by Gasteiger charge is -2.16. The molecule has 0 aromatic rings. The fraction of sp³-hybridized carbons (Fsp3) is 0.900. The zero-order chi connectivity index (χ0) is 22.2. The van der Waals surface area contributed by atoms with Crippen LogP contribution in [0.3, 0.4) is 0 Å². The van der Waals surface area contributed by atoms with Gasteiger partial charge in [0.15, 0.2) is 0 Å². The second-order valence-electron chi connectivity index (χ2n) is 7.46. The zero-order valence-corrected chi connectivity index (χ0v) is 19.1. The van der Waals surface area contributed by atoms with Gasteiger partial charge in [-0.2, -0.15) is 11.8 Å². The fourth-order valence-corrected chi connectivity index (χ4v) is 5.01. The van der Waals surface area contributed by atoms with E-state index in [0.717, 1.165) is 25.0 Å². The van der Waals surface area contributed by atoms with Gasteiger partial charge in [-0.15, -0.1) is 0 Å². The molecule has 0 radical (unpaired) electrons. The number of amides is 3. The van der Waals surface area contributed by atoms with Gasteiger partial charge in [0.2, 0.25) is 5.91 Å². The zero-order valence-electron chi connectivity index (χ0n) is 18.3. The molecule has 5 N–H and O–H groups in total. The van der Waals surface area contributed by atoms with E-state index in [-0.39, 0.29) is 24.0 Å². The van der Waals surface area contributed by atoms with Crippen LogP contribution in [0.25, 0.3) is 0 Å². The van der Waals surface area contributed by atoms with Crippen LogP contribution in [0.5, 0.6) is 0 Å². The molecule has 0 aromatic heterocycles. The monoisotopic (exact) mass is 462 g/mol. The highest BCUT2D eigenvalue weighted by Crippen LogP contribution is 2.33. The number of carbonyl (C=O) groups excluding carboxylic acids is 2. The number of ether oxygens (including phenoxy) is 4. The minimum atomic E-state index is -0.0530. The molecule has 11 heteroatoms. The Morgan fingerprint density at radius 1 is 0.968 bits per heavy atom. The van der Waals surface area contributed by atoms with E-state index in [4.69, 9.17) is 24.7 Å². The van der Waals surface area contributed by atoms with Crippen molar-refractivity contribution in [1.82, 2.24) is 16.0 Å². The van der Waals surface area contributed by atoms with E-state index in [0.29, 0.717) is 77.6 Å². The first-order valence-corrected chi connectivity index (χ1v) is 12.2. The van der Waals surface area contributed by atoms with E-state index in [1.807, 2.05) is 11.8 Å². The quantitative estimate of drug-likeness (QED) is 0.154. The number of carbonyl (C=O) groups is 2. The molecule has 0 spiro atoms. The summed E-state index contributed by atoms with van der Waals surface area (Å²) in [6, 6.07) is 0.444. The summed E-state index contributed by atoms with van der Waals surface area (Å²) in [7, 11) is 0. The maximum absolute atomic E-state index is 11.9. The minimum Gasteiger partial charge on any atom is -0.378 e. The summed E-state index contributed by atoms with van der Waals surface area (Å²) >= 11 is 1.91. The summed E-state index contributed by atoms with van der Waals surface area (Å²) in [5, 5.41) is 9.27. The van der Waals surface area contributed by atoms with Crippen LogP contribution in [-0.2, 0) is 23.7 Å². The minimum absolute atomic E-state index is 0.0530. The highest BCUT2D eigenvalue weighted by Gasteiger charge is 2.42. The van der Waals surface area contributed by atoms with Gasteiger partial charge in [-0.1, -0.05) is 6.42 Å². The number of hydrogen-bond acceptors (Lipinski definition) is 8. The maximum Gasteiger partial charge on any atom is 0.315 e. The normalized spacial score (nSPS) is 22.2. The van der Waals surface area contributed by atoms with Crippen LogP contribution in [-0.4, -0.2) is 101 Å². The van der Waals surface area contributed by atoms with Crippen molar-refractivity contribution < 1.29 is 28.5 Å². The molecule has 0 unspecified atom stereocenters. The number of urea groups is 1. The molecule has 2 aliphatic heterocycles. The van der Waals surface area contributed by atoms with Gasteiger partial charge in [0, 0.05) is 30.5 Å². The van der Waals surface area contributed by atoms with Crippen molar-refractivity contribution in [3.63, 3.8) is 0 Å². The number of rotatable bonds is 19. The van der Waals surface area contributed by atoms with Crippen molar-refractivity contribution in [2.75, 3.05) is 71.7 Å². The highest BCUT2D eigenvalue weighted by molar-refractivity contribution is 8.00. The Morgan fingerprint density at radius 3 is 2.29 bits per heavy atom. The molecule has 2 rings (SSSR count). The Balaban J connectivity index is 1.30. The molecule has 2 aliphatic rings.